The van der Waals surface area contributed by atoms with Gasteiger partial charge in [-0.05, 0) is 53.8 Å². The van der Waals surface area contributed by atoms with Crippen LogP contribution in [0.5, 0.6) is 0 Å². The Morgan fingerprint density at radius 3 is 2.59 bits per heavy atom. The maximum absolute atomic E-state index is 4.91. The molecule has 0 saturated heterocycles. The van der Waals surface area contributed by atoms with E-state index in [-0.39, 0.29) is 0 Å². The number of halogens is 1. The number of hydrogen-bond acceptors (Lipinski definition) is 1. The van der Waals surface area contributed by atoms with Crippen molar-refractivity contribution in [3.05, 3.63) is 112 Å². The topological polar surface area (TPSA) is 17.8 Å². The fourth-order valence-corrected chi connectivity index (χ4v) is 3.64. The minimum Gasteiger partial charge on any atom is -0.331 e. The third-order valence-electron chi connectivity index (χ3n) is 4.99. The highest BCUT2D eigenvalue weighted by Crippen LogP contribution is 2.26. The lowest BCUT2D eigenvalue weighted by Crippen LogP contribution is -1.94. The first-order valence-electron chi connectivity index (χ1n) is 9.87. The predicted octanol–water partition coefficient (Wildman–Crippen LogP) is 7.26. The van der Waals surface area contributed by atoms with Crippen molar-refractivity contribution < 1.29 is 0 Å². The molecule has 0 fully saturated rings. The molecule has 0 bridgehead atoms. The fraction of sp³-hybridized carbons (Fsp3) is 0.115. The van der Waals surface area contributed by atoms with E-state index in [4.69, 9.17) is 4.98 Å². The van der Waals surface area contributed by atoms with Crippen LogP contribution < -0.4 is 0 Å². The molecule has 0 atom stereocenters. The molecule has 0 aliphatic heterocycles. The summed E-state index contributed by atoms with van der Waals surface area (Å²) in [7, 11) is 0. The van der Waals surface area contributed by atoms with E-state index in [1.54, 1.807) is 0 Å². The second-order valence-electron chi connectivity index (χ2n) is 6.94. The normalized spacial score (nSPS) is 14.0. The molecule has 4 rings (SSSR count). The second kappa shape index (κ2) is 9.06. The number of aromatic nitrogens is 2. The Morgan fingerprint density at radius 1 is 1.03 bits per heavy atom. The third kappa shape index (κ3) is 4.75. The zero-order valence-corrected chi connectivity index (χ0v) is 18.0. The molecule has 3 heteroatoms. The maximum atomic E-state index is 4.91. The molecule has 29 heavy (non-hydrogen) atoms. The molecule has 1 heterocycles. The van der Waals surface area contributed by atoms with Crippen LogP contribution in [0.25, 0.3) is 23.3 Å². The Bertz CT molecular complexity index is 1100. The molecule has 0 amide bonds. The highest BCUT2D eigenvalue weighted by molar-refractivity contribution is 9.10. The number of rotatable bonds is 5. The van der Waals surface area contributed by atoms with Crippen LogP contribution in [0.4, 0.5) is 0 Å². The van der Waals surface area contributed by atoms with Crippen molar-refractivity contribution in [3.63, 3.8) is 0 Å². The van der Waals surface area contributed by atoms with Gasteiger partial charge in [0.25, 0.3) is 0 Å². The molecule has 1 aliphatic rings. The van der Waals surface area contributed by atoms with Gasteiger partial charge in [0.05, 0.1) is 5.69 Å². The highest BCUT2D eigenvalue weighted by Gasteiger charge is 2.10. The number of allylic oxidation sites excluding steroid dienone is 6. The molecule has 2 aromatic carbocycles. The van der Waals surface area contributed by atoms with Gasteiger partial charge in [0, 0.05) is 17.2 Å². The lowest BCUT2D eigenvalue weighted by molar-refractivity contribution is 0.752. The van der Waals surface area contributed by atoms with Crippen molar-refractivity contribution in [1.82, 2.24) is 9.55 Å². The number of benzene rings is 2. The lowest BCUT2D eigenvalue weighted by Gasteiger charge is -2.02. The molecular weight excluding hydrogens is 420 g/mol. The summed E-state index contributed by atoms with van der Waals surface area (Å²) in [4.78, 5) is 4.91. The summed E-state index contributed by atoms with van der Waals surface area (Å²) in [6.45, 7) is 3.04. The van der Waals surface area contributed by atoms with E-state index in [1.807, 2.05) is 0 Å². The summed E-state index contributed by atoms with van der Waals surface area (Å²) in [6.07, 6.45) is 16.0. The Labute approximate surface area is 180 Å². The van der Waals surface area contributed by atoms with Crippen molar-refractivity contribution >= 4 is 39.2 Å². The molecule has 0 spiro atoms. The molecule has 1 aliphatic carbocycles. The summed E-state index contributed by atoms with van der Waals surface area (Å²) >= 11 is 3.48. The maximum Gasteiger partial charge on any atom is 0.133 e. The van der Waals surface area contributed by atoms with Crippen LogP contribution in [0.15, 0.2) is 89.6 Å². The van der Waals surface area contributed by atoms with Crippen molar-refractivity contribution in [2.24, 2.45) is 0 Å². The Morgan fingerprint density at radius 2 is 1.83 bits per heavy atom. The summed E-state index contributed by atoms with van der Waals surface area (Å²) in [6, 6.07) is 18.8. The Kier molecular flexibility index (Phi) is 6.06. The zero-order chi connectivity index (χ0) is 20.1. The number of aryl methyl sites for hydroxylation is 1. The van der Waals surface area contributed by atoms with Crippen LogP contribution in [-0.2, 0) is 6.54 Å². The van der Waals surface area contributed by atoms with Crippen molar-refractivity contribution in [3.8, 4) is 0 Å². The van der Waals surface area contributed by atoms with Crippen LogP contribution >= 0.6 is 15.9 Å². The average molecular weight is 443 g/mol. The summed E-state index contributed by atoms with van der Waals surface area (Å²) in [5.41, 5.74) is 5.93. The molecule has 3 aromatic rings. The van der Waals surface area contributed by atoms with Gasteiger partial charge in [0.1, 0.15) is 5.82 Å². The summed E-state index contributed by atoms with van der Waals surface area (Å²) in [5, 5.41) is 0. The van der Waals surface area contributed by atoms with Gasteiger partial charge in [-0.25, -0.2) is 4.98 Å². The first-order valence-corrected chi connectivity index (χ1v) is 10.7. The fourth-order valence-electron chi connectivity index (χ4n) is 3.37. The number of imidazole rings is 1. The van der Waals surface area contributed by atoms with E-state index in [9.17, 15) is 0 Å². The van der Waals surface area contributed by atoms with Gasteiger partial charge in [-0.2, -0.15) is 0 Å². The van der Waals surface area contributed by atoms with Crippen molar-refractivity contribution in [2.75, 3.05) is 0 Å². The van der Waals surface area contributed by atoms with Crippen LogP contribution in [0.1, 0.15) is 36.0 Å². The third-order valence-corrected chi connectivity index (χ3v) is 5.52. The van der Waals surface area contributed by atoms with E-state index in [0.717, 1.165) is 34.5 Å². The molecule has 144 valence electrons. The van der Waals surface area contributed by atoms with Gasteiger partial charge in [-0.1, -0.05) is 88.8 Å². The van der Waals surface area contributed by atoms with Crippen molar-refractivity contribution in [1.29, 1.82) is 0 Å². The molecule has 0 saturated carbocycles. The first kappa shape index (κ1) is 19.4. The largest absolute Gasteiger partial charge is 0.331 e. The van der Waals surface area contributed by atoms with Crippen LogP contribution in [0.2, 0.25) is 0 Å². The van der Waals surface area contributed by atoms with E-state index in [2.05, 4.69) is 125 Å². The molecule has 0 unspecified atom stereocenters. The predicted molar refractivity (Wildman–Crippen MR) is 127 cm³/mol. The quantitative estimate of drug-likeness (QED) is 0.406. The monoisotopic (exact) mass is 442 g/mol. The first-order chi connectivity index (χ1) is 14.2. The van der Waals surface area contributed by atoms with Crippen LogP contribution in [0.3, 0.4) is 0 Å². The van der Waals surface area contributed by atoms with E-state index in [0.29, 0.717) is 0 Å². The molecule has 2 nitrogen and oxygen atoms in total. The average Bonchev–Trinajstić information content (AvgIpc) is 3.01. The van der Waals surface area contributed by atoms with Gasteiger partial charge in [-0.15, -0.1) is 0 Å². The molecule has 1 aromatic heterocycles. The van der Waals surface area contributed by atoms with Crippen molar-refractivity contribution in [2.45, 2.75) is 19.9 Å². The summed E-state index contributed by atoms with van der Waals surface area (Å²) in [5.74, 6) is 0.979. The van der Waals surface area contributed by atoms with Gasteiger partial charge < -0.3 is 4.57 Å². The standard InChI is InChI=1S/C26H23BrN2/c1-2-29-19-25(28-26(29)18-13-20-11-16-24(27)17-12-20)23-10-6-9-22(14-15-23)21-7-4-3-5-8-21/h3-14,16-19H,2,15H2,1H3/b18-13+. The van der Waals surface area contributed by atoms with Gasteiger partial charge >= 0.3 is 0 Å². The highest BCUT2D eigenvalue weighted by atomic mass is 79.9. The zero-order valence-electron chi connectivity index (χ0n) is 16.4. The van der Waals surface area contributed by atoms with Gasteiger partial charge in [0.2, 0.25) is 0 Å². The van der Waals surface area contributed by atoms with Crippen LogP contribution in [0, 0.1) is 0 Å². The Hall–Kier alpha value is -2.91. The molecular formula is C26H23BrN2. The smallest absolute Gasteiger partial charge is 0.133 e. The molecule has 0 radical (unpaired) electrons. The van der Waals surface area contributed by atoms with Gasteiger partial charge in [0.15, 0.2) is 0 Å². The number of hydrogen-bond donors (Lipinski definition) is 0. The van der Waals surface area contributed by atoms with E-state index < -0.39 is 0 Å². The minimum absolute atomic E-state index is 0.869. The van der Waals surface area contributed by atoms with Crippen LogP contribution in [-0.4, -0.2) is 9.55 Å². The second-order valence-corrected chi connectivity index (χ2v) is 7.85. The lowest BCUT2D eigenvalue weighted by atomic mass is 10.0. The summed E-state index contributed by atoms with van der Waals surface area (Å²) < 4.78 is 3.28. The minimum atomic E-state index is 0.869. The van der Waals surface area contributed by atoms with E-state index in [1.165, 1.54) is 16.7 Å². The SMILES string of the molecule is CCn1cc(C2=CC=CC(c3ccccc3)=CC2)nc1/C=C/c1ccc(Br)cc1. The molecule has 0 N–H and O–H groups in total. The Balaban J connectivity index is 1.56. The van der Waals surface area contributed by atoms with Gasteiger partial charge in [-0.3, -0.25) is 0 Å². The van der Waals surface area contributed by atoms with E-state index >= 15 is 0 Å². The number of nitrogens with zero attached hydrogens (tertiary/aromatic N) is 2.